The van der Waals surface area contributed by atoms with Crippen LogP contribution in [0.4, 0.5) is 5.69 Å². The molecule has 0 saturated heterocycles. The smallest absolute Gasteiger partial charge is 0.191 e. The van der Waals surface area contributed by atoms with Gasteiger partial charge in [0.15, 0.2) is 5.96 Å². The zero-order valence-electron chi connectivity index (χ0n) is 15.8. The molecule has 0 radical (unpaired) electrons. The van der Waals surface area contributed by atoms with Crippen LogP contribution in [0, 0.1) is 20.8 Å². The SMILES string of the molecule is CN=C(NCc1nc(C)c(C)s1)NCc1ccc(C)cc1N(C)C.I. The quantitative estimate of drug-likeness (QED) is 0.396. The number of aliphatic imine (C=N–C) groups is 1. The first-order valence-electron chi connectivity index (χ1n) is 8.05. The van der Waals surface area contributed by atoms with Crippen LogP contribution in [0.5, 0.6) is 0 Å². The van der Waals surface area contributed by atoms with Gasteiger partial charge >= 0.3 is 0 Å². The van der Waals surface area contributed by atoms with Crippen molar-refractivity contribution in [1.29, 1.82) is 0 Å². The summed E-state index contributed by atoms with van der Waals surface area (Å²) in [6, 6.07) is 6.51. The van der Waals surface area contributed by atoms with Gasteiger partial charge < -0.3 is 15.5 Å². The monoisotopic (exact) mass is 473 g/mol. The van der Waals surface area contributed by atoms with Crippen LogP contribution < -0.4 is 15.5 Å². The van der Waals surface area contributed by atoms with E-state index in [2.05, 4.69) is 71.7 Å². The van der Waals surface area contributed by atoms with Gasteiger partial charge in [-0.05, 0) is 38.0 Å². The summed E-state index contributed by atoms with van der Waals surface area (Å²) < 4.78 is 0. The second-order valence-corrected chi connectivity index (χ2v) is 7.34. The van der Waals surface area contributed by atoms with Gasteiger partial charge in [0.25, 0.3) is 0 Å². The van der Waals surface area contributed by atoms with Gasteiger partial charge in [0.2, 0.25) is 0 Å². The van der Waals surface area contributed by atoms with Crippen molar-refractivity contribution in [3.05, 3.63) is 44.9 Å². The molecule has 138 valence electrons. The molecular weight excluding hydrogens is 445 g/mol. The van der Waals surface area contributed by atoms with E-state index in [1.165, 1.54) is 21.7 Å². The maximum atomic E-state index is 4.55. The summed E-state index contributed by atoms with van der Waals surface area (Å²) in [5, 5.41) is 7.79. The third kappa shape index (κ3) is 6.14. The number of benzene rings is 1. The van der Waals surface area contributed by atoms with Crippen molar-refractivity contribution in [2.75, 3.05) is 26.0 Å². The Kier molecular flexibility index (Phi) is 8.64. The average molecular weight is 473 g/mol. The summed E-state index contributed by atoms with van der Waals surface area (Å²) in [6.45, 7) is 7.67. The highest BCUT2D eigenvalue weighted by Crippen LogP contribution is 2.20. The molecule has 0 aliphatic heterocycles. The topological polar surface area (TPSA) is 52.6 Å². The van der Waals surface area contributed by atoms with Crippen LogP contribution in [-0.2, 0) is 13.1 Å². The van der Waals surface area contributed by atoms with Crippen molar-refractivity contribution >= 4 is 47.0 Å². The lowest BCUT2D eigenvalue weighted by Crippen LogP contribution is -2.36. The lowest BCUT2D eigenvalue weighted by molar-refractivity contribution is 0.802. The van der Waals surface area contributed by atoms with Gasteiger partial charge in [-0.1, -0.05) is 12.1 Å². The van der Waals surface area contributed by atoms with E-state index in [1.807, 2.05) is 6.92 Å². The summed E-state index contributed by atoms with van der Waals surface area (Å²) in [6.07, 6.45) is 0. The second kappa shape index (κ2) is 9.96. The molecule has 0 fully saturated rings. The molecule has 25 heavy (non-hydrogen) atoms. The molecule has 0 bridgehead atoms. The van der Waals surface area contributed by atoms with Crippen LogP contribution >= 0.6 is 35.3 Å². The lowest BCUT2D eigenvalue weighted by atomic mass is 10.1. The van der Waals surface area contributed by atoms with Gasteiger partial charge in [0, 0.05) is 38.3 Å². The van der Waals surface area contributed by atoms with Crippen molar-refractivity contribution in [2.24, 2.45) is 4.99 Å². The molecule has 0 spiro atoms. The third-order valence-electron chi connectivity index (χ3n) is 3.87. The molecule has 0 amide bonds. The number of halogens is 1. The Morgan fingerprint density at radius 2 is 1.84 bits per heavy atom. The van der Waals surface area contributed by atoms with Crippen molar-refractivity contribution in [2.45, 2.75) is 33.9 Å². The van der Waals surface area contributed by atoms with E-state index in [0.29, 0.717) is 6.54 Å². The largest absolute Gasteiger partial charge is 0.377 e. The number of nitrogens with one attached hydrogen (secondary N) is 2. The molecule has 2 aromatic rings. The standard InChI is InChI=1S/C18H27N5S.HI/c1-12-7-8-15(16(9-12)23(5)6)10-20-18(19-4)21-11-17-22-13(2)14(3)24-17;/h7-9H,10-11H2,1-6H3,(H2,19,20,21);1H. The first-order chi connectivity index (χ1) is 11.4. The van der Waals surface area contributed by atoms with Crippen molar-refractivity contribution in [3.63, 3.8) is 0 Å². The number of anilines is 1. The number of thiazole rings is 1. The van der Waals surface area contributed by atoms with E-state index in [-0.39, 0.29) is 24.0 Å². The Labute approximate surface area is 172 Å². The Hall–Kier alpha value is -1.35. The van der Waals surface area contributed by atoms with Crippen LogP contribution in [0.15, 0.2) is 23.2 Å². The van der Waals surface area contributed by atoms with E-state index in [4.69, 9.17) is 0 Å². The third-order valence-corrected chi connectivity index (χ3v) is 4.95. The molecule has 0 aliphatic carbocycles. The predicted octanol–water partition coefficient (Wildman–Crippen LogP) is 3.62. The highest BCUT2D eigenvalue weighted by atomic mass is 127. The molecule has 5 nitrogen and oxygen atoms in total. The molecule has 0 aliphatic rings. The second-order valence-electron chi connectivity index (χ2n) is 6.06. The molecule has 0 unspecified atom stereocenters. The Balaban J connectivity index is 0.00000312. The summed E-state index contributed by atoms with van der Waals surface area (Å²) >= 11 is 1.73. The lowest BCUT2D eigenvalue weighted by Gasteiger charge is -2.19. The van der Waals surface area contributed by atoms with Gasteiger partial charge in [-0.25, -0.2) is 4.98 Å². The van der Waals surface area contributed by atoms with Crippen LogP contribution in [0.3, 0.4) is 0 Å². The highest BCUT2D eigenvalue weighted by Gasteiger charge is 2.07. The molecular formula is C18H28IN5S. The zero-order valence-corrected chi connectivity index (χ0v) is 19.0. The van der Waals surface area contributed by atoms with E-state index < -0.39 is 0 Å². The van der Waals surface area contributed by atoms with Crippen molar-refractivity contribution in [1.82, 2.24) is 15.6 Å². The fourth-order valence-corrected chi connectivity index (χ4v) is 3.29. The predicted molar refractivity (Wildman–Crippen MR) is 120 cm³/mol. The molecule has 0 saturated carbocycles. The van der Waals surface area contributed by atoms with E-state index in [0.717, 1.165) is 23.2 Å². The molecule has 2 N–H and O–H groups in total. The summed E-state index contributed by atoms with van der Waals surface area (Å²) in [5.74, 6) is 0.783. The van der Waals surface area contributed by atoms with E-state index in [1.54, 1.807) is 18.4 Å². The van der Waals surface area contributed by atoms with Crippen molar-refractivity contribution in [3.8, 4) is 0 Å². The first kappa shape index (κ1) is 21.7. The maximum Gasteiger partial charge on any atom is 0.191 e. The van der Waals surface area contributed by atoms with Gasteiger partial charge in [0.05, 0.1) is 12.2 Å². The zero-order chi connectivity index (χ0) is 17.7. The average Bonchev–Trinajstić information content (AvgIpc) is 2.86. The number of nitrogens with zero attached hydrogens (tertiary/aromatic N) is 3. The summed E-state index contributed by atoms with van der Waals surface area (Å²) in [7, 11) is 5.92. The van der Waals surface area contributed by atoms with Crippen LogP contribution in [0.2, 0.25) is 0 Å². The summed E-state index contributed by atoms with van der Waals surface area (Å²) in [4.78, 5) is 12.3. The Morgan fingerprint density at radius 1 is 1.16 bits per heavy atom. The van der Waals surface area contributed by atoms with Crippen LogP contribution in [-0.4, -0.2) is 32.1 Å². The molecule has 2 rings (SSSR count). The Morgan fingerprint density at radius 3 is 2.40 bits per heavy atom. The minimum atomic E-state index is 0. The number of rotatable bonds is 5. The fourth-order valence-electron chi connectivity index (χ4n) is 2.41. The van der Waals surface area contributed by atoms with E-state index >= 15 is 0 Å². The number of aromatic nitrogens is 1. The number of aryl methyl sites for hydroxylation is 3. The molecule has 1 aromatic heterocycles. The fraction of sp³-hybridized carbons (Fsp3) is 0.444. The molecule has 7 heteroatoms. The Bertz CT molecular complexity index is 705. The number of hydrogen-bond donors (Lipinski definition) is 2. The molecule has 1 heterocycles. The van der Waals surface area contributed by atoms with Gasteiger partial charge in [0.1, 0.15) is 5.01 Å². The molecule has 0 atom stereocenters. The van der Waals surface area contributed by atoms with Crippen LogP contribution in [0.1, 0.15) is 26.7 Å². The normalized spacial score (nSPS) is 11.0. The highest BCUT2D eigenvalue weighted by molar-refractivity contribution is 14.0. The first-order valence-corrected chi connectivity index (χ1v) is 8.86. The minimum Gasteiger partial charge on any atom is -0.377 e. The number of hydrogen-bond acceptors (Lipinski definition) is 4. The molecule has 1 aromatic carbocycles. The number of guanidine groups is 1. The minimum absolute atomic E-state index is 0. The van der Waals surface area contributed by atoms with Gasteiger partial charge in [-0.3, -0.25) is 4.99 Å². The van der Waals surface area contributed by atoms with E-state index in [9.17, 15) is 0 Å². The van der Waals surface area contributed by atoms with Gasteiger partial charge in [-0.15, -0.1) is 35.3 Å². The van der Waals surface area contributed by atoms with Crippen LogP contribution in [0.25, 0.3) is 0 Å². The van der Waals surface area contributed by atoms with Gasteiger partial charge in [-0.2, -0.15) is 0 Å². The van der Waals surface area contributed by atoms with Crippen molar-refractivity contribution < 1.29 is 0 Å². The summed E-state index contributed by atoms with van der Waals surface area (Å²) in [5.41, 5.74) is 4.84. The maximum absolute atomic E-state index is 4.55.